The molecule has 0 unspecified atom stereocenters. The van der Waals surface area contributed by atoms with Crippen molar-refractivity contribution in [3.8, 4) is 11.5 Å². The van der Waals surface area contributed by atoms with E-state index in [9.17, 15) is 9.90 Å². The lowest BCUT2D eigenvalue weighted by atomic mass is 10.1. The highest BCUT2D eigenvalue weighted by Gasteiger charge is 2.04. The number of aromatic nitrogens is 1. The molecular weight excluding hydrogens is 316 g/mol. The largest absolute Gasteiger partial charge is 0.504 e. The second-order valence-corrected chi connectivity index (χ2v) is 5.67. The monoisotopic (exact) mass is 336 g/mol. The number of amides is 1. The molecule has 0 fully saturated rings. The van der Waals surface area contributed by atoms with Crippen molar-refractivity contribution in [2.45, 2.75) is 6.42 Å². The second-order valence-electron chi connectivity index (χ2n) is 5.67. The number of benzene rings is 2. The number of phenolic OH excluding ortho intramolecular Hbond substituents is 1. The Morgan fingerprint density at radius 3 is 2.92 bits per heavy atom. The minimum atomic E-state index is -0.171. The van der Waals surface area contributed by atoms with Crippen molar-refractivity contribution in [2.24, 2.45) is 0 Å². The molecule has 128 valence electrons. The van der Waals surface area contributed by atoms with Crippen molar-refractivity contribution < 1.29 is 14.6 Å². The number of carbonyl (C=O) groups is 1. The molecule has 0 aliphatic carbocycles. The minimum Gasteiger partial charge on any atom is -0.504 e. The van der Waals surface area contributed by atoms with E-state index in [-0.39, 0.29) is 11.7 Å². The summed E-state index contributed by atoms with van der Waals surface area (Å²) in [6.45, 7) is 0.554. The number of fused-ring (bicyclic) bond motifs is 1. The maximum absolute atomic E-state index is 11.9. The Kier molecular flexibility index (Phi) is 5.04. The van der Waals surface area contributed by atoms with Crippen LogP contribution in [0.4, 0.5) is 0 Å². The lowest BCUT2D eigenvalue weighted by Gasteiger charge is -2.04. The molecule has 1 aromatic heterocycles. The topological polar surface area (TPSA) is 74.3 Å². The Hall–Kier alpha value is -3.21. The summed E-state index contributed by atoms with van der Waals surface area (Å²) in [4.78, 5) is 15.2. The van der Waals surface area contributed by atoms with Crippen LogP contribution in [-0.2, 0) is 11.2 Å². The van der Waals surface area contributed by atoms with Gasteiger partial charge in [0.2, 0.25) is 5.91 Å². The maximum atomic E-state index is 11.9. The fraction of sp³-hybridized carbons (Fsp3) is 0.150. The highest BCUT2D eigenvalue weighted by Crippen LogP contribution is 2.26. The fourth-order valence-corrected chi connectivity index (χ4v) is 2.70. The number of hydrogen-bond acceptors (Lipinski definition) is 3. The van der Waals surface area contributed by atoms with Crippen LogP contribution >= 0.6 is 0 Å². The molecule has 0 radical (unpaired) electrons. The van der Waals surface area contributed by atoms with E-state index in [1.54, 1.807) is 24.3 Å². The third kappa shape index (κ3) is 4.01. The van der Waals surface area contributed by atoms with Gasteiger partial charge in [-0.2, -0.15) is 0 Å². The molecule has 1 heterocycles. The van der Waals surface area contributed by atoms with E-state index < -0.39 is 0 Å². The normalized spacial score (nSPS) is 11.1. The number of rotatable bonds is 6. The third-order valence-electron chi connectivity index (χ3n) is 4.00. The first-order valence-electron chi connectivity index (χ1n) is 8.05. The van der Waals surface area contributed by atoms with Crippen LogP contribution < -0.4 is 10.1 Å². The summed E-state index contributed by atoms with van der Waals surface area (Å²) in [5.74, 6) is 0.278. The van der Waals surface area contributed by atoms with Gasteiger partial charge in [0.05, 0.1) is 7.11 Å². The van der Waals surface area contributed by atoms with Gasteiger partial charge in [-0.25, -0.2) is 0 Å². The third-order valence-corrected chi connectivity index (χ3v) is 4.00. The molecule has 0 saturated carbocycles. The Balaban J connectivity index is 1.53. The van der Waals surface area contributed by atoms with Crippen LogP contribution in [0.2, 0.25) is 0 Å². The van der Waals surface area contributed by atoms with Crippen molar-refractivity contribution >= 4 is 22.9 Å². The van der Waals surface area contributed by atoms with Crippen LogP contribution in [0.3, 0.4) is 0 Å². The van der Waals surface area contributed by atoms with Crippen LogP contribution in [0.1, 0.15) is 11.1 Å². The second kappa shape index (κ2) is 7.57. The molecule has 1 amide bonds. The van der Waals surface area contributed by atoms with Gasteiger partial charge in [-0.3, -0.25) is 4.79 Å². The van der Waals surface area contributed by atoms with Gasteiger partial charge in [-0.15, -0.1) is 0 Å². The summed E-state index contributed by atoms with van der Waals surface area (Å²) in [7, 11) is 1.49. The van der Waals surface area contributed by atoms with Gasteiger partial charge in [0.15, 0.2) is 11.5 Å². The summed E-state index contributed by atoms with van der Waals surface area (Å²) in [5, 5.41) is 13.8. The smallest absolute Gasteiger partial charge is 0.244 e. The average Bonchev–Trinajstić information content (AvgIpc) is 3.03. The van der Waals surface area contributed by atoms with Crippen molar-refractivity contribution in [3.05, 3.63) is 65.9 Å². The molecule has 0 aliphatic heterocycles. The molecule has 3 rings (SSSR count). The Morgan fingerprint density at radius 1 is 1.28 bits per heavy atom. The van der Waals surface area contributed by atoms with Crippen LogP contribution in [0.25, 0.3) is 17.0 Å². The van der Waals surface area contributed by atoms with E-state index in [1.807, 2.05) is 24.4 Å². The van der Waals surface area contributed by atoms with Gasteiger partial charge in [0.1, 0.15) is 0 Å². The van der Waals surface area contributed by atoms with Gasteiger partial charge in [0.25, 0.3) is 0 Å². The standard InChI is InChI=1S/C20H20N2O3/c1-25-19-8-6-14(12-18(19)23)7-9-20(24)21-11-10-15-13-22-17-5-3-2-4-16(15)17/h2-9,12-13,22-23H,10-11H2,1H3,(H,21,24). The zero-order chi connectivity index (χ0) is 17.6. The van der Waals surface area contributed by atoms with E-state index >= 15 is 0 Å². The maximum Gasteiger partial charge on any atom is 0.244 e. The highest BCUT2D eigenvalue weighted by atomic mass is 16.5. The summed E-state index contributed by atoms with van der Waals surface area (Å²) in [6.07, 6.45) is 5.84. The quantitative estimate of drug-likeness (QED) is 0.605. The lowest BCUT2D eigenvalue weighted by molar-refractivity contribution is -0.116. The van der Waals surface area contributed by atoms with Crippen molar-refractivity contribution in [1.82, 2.24) is 10.3 Å². The number of para-hydroxylation sites is 1. The first-order valence-corrected chi connectivity index (χ1v) is 8.05. The van der Waals surface area contributed by atoms with Crippen molar-refractivity contribution in [2.75, 3.05) is 13.7 Å². The summed E-state index contributed by atoms with van der Waals surface area (Å²) < 4.78 is 4.99. The average molecular weight is 336 g/mol. The van der Waals surface area contributed by atoms with E-state index in [4.69, 9.17) is 4.74 Å². The Labute approximate surface area is 145 Å². The molecule has 5 nitrogen and oxygen atoms in total. The molecule has 5 heteroatoms. The van der Waals surface area contributed by atoms with Gasteiger partial charge >= 0.3 is 0 Å². The first kappa shape index (κ1) is 16.6. The molecular formula is C20H20N2O3. The number of phenols is 1. The predicted octanol–water partition coefficient (Wildman–Crippen LogP) is 3.25. The summed E-state index contributed by atoms with van der Waals surface area (Å²) >= 11 is 0. The number of methoxy groups -OCH3 is 1. The molecule has 3 N–H and O–H groups in total. The van der Waals surface area contributed by atoms with E-state index in [2.05, 4.69) is 16.4 Å². The van der Waals surface area contributed by atoms with E-state index in [1.165, 1.54) is 24.1 Å². The molecule has 0 aliphatic rings. The summed E-state index contributed by atoms with van der Waals surface area (Å²) in [6, 6.07) is 13.1. The number of H-pyrrole nitrogens is 1. The Morgan fingerprint density at radius 2 is 2.12 bits per heavy atom. The van der Waals surface area contributed by atoms with Crippen LogP contribution in [0.15, 0.2) is 54.7 Å². The molecule has 0 spiro atoms. The predicted molar refractivity (Wildman–Crippen MR) is 98.7 cm³/mol. The molecule has 2 aromatic carbocycles. The molecule has 0 saturated heterocycles. The molecule has 25 heavy (non-hydrogen) atoms. The van der Waals surface area contributed by atoms with Gasteiger partial charge < -0.3 is 20.1 Å². The molecule has 0 bridgehead atoms. The van der Waals surface area contributed by atoms with Crippen LogP contribution in [0, 0.1) is 0 Å². The first-order chi connectivity index (χ1) is 12.2. The minimum absolute atomic E-state index is 0.0457. The lowest BCUT2D eigenvalue weighted by Crippen LogP contribution is -2.23. The number of aromatic amines is 1. The van der Waals surface area contributed by atoms with Crippen molar-refractivity contribution in [3.63, 3.8) is 0 Å². The van der Waals surface area contributed by atoms with Gasteiger partial charge in [0, 0.05) is 29.7 Å². The highest BCUT2D eigenvalue weighted by molar-refractivity contribution is 5.91. The fourth-order valence-electron chi connectivity index (χ4n) is 2.70. The van der Waals surface area contributed by atoms with Gasteiger partial charge in [-0.1, -0.05) is 24.3 Å². The number of aromatic hydroxyl groups is 1. The number of hydrogen-bond donors (Lipinski definition) is 3. The van der Waals surface area contributed by atoms with Crippen LogP contribution in [0.5, 0.6) is 11.5 Å². The van der Waals surface area contributed by atoms with Crippen molar-refractivity contribution in [1.29, 1.82) is 0 Å². The SMILES string of the molecule is COc1ccc(C=CC(=O)NCCc2c[nH]c3ccccc23)cc1O. The summed E-state index contributed by atoms with van der Waals surface area (Å²) in [5.41, 5.74) is 3.01. The molecule has 0 atom stereocenters. The zero-order valence-electron chi connectivity index (χ0n) is 14.0. The number of nitrogens with one attached hydrogen (secondary N) is 2. The van der Waals surface area contributed by atoms with E-state index in [0.29, 0.717) is 12.3 Å². The number of ether oxygens (including phenoxy) is 1. The molecule has 3 aromatic rings. The number of carbonyl (C=O) groups excluding carboxylic acids is 1. The van der Waals surface area contributed by atoms with E-state index in [0.717, 1.165) is 17.5 Å². The zero-order valence-corrected chi connectivity index (χ0v) is 14.0. The van der Waals surface area contributed by atoms with Crippen LogP contribution in [-0.4, -0.2) is 29.7 Å². The van der Waals surface area contributed by atoms with Gasteiger partial charge in [-0.05, 0) is 41.8 Å². The Bertz CT molecular complexity index is 912.